The molecule has 0 radical (unpaired) electrons. The molecule has 140 valence electrons. The number of anilines is 1. The van der Waals surface area contributed by atoms with E-state index < -0.39 is 5.66 Å². The Balaban J connectivity index is 1.82. The van der Waals surface area contributed by atoms with Gasteiger partial charge in [-0.2, -0.15) is 4.99 Å². The Labute approximate surface area is 159 Å². The molecular weight excluding hydrogens is 338 g/mol. The van der Waals surface area contributed by atoms with E-state index in [2.05, 4.69) is 18.0 Å². The summed E-state index contributed by atoms with van der Waals surface area (Å²) in [4.78, 5) is 11.1. The van der Waals surface area contributed by atoms with Gasteiger partial charge in [0.05, 0.1) is 5.69 Å². The van der Waals surface area contributed by atoms with Crippen LogP contribution in [-0.4, -0.2) is 17.6 Å². The lowest BCUT2D eigenvalue weighted by Crippen LogP contribution is -2.58. The second-order valence-electron chi connectivity index (χ2n) is 7.16. The summed E-state index contributed by atoms with van der Waals surface area (Å²) in [5, 5.41) is 0. The number of hydrogen-bond donors (Lipinski definition) is 2. The number of ether oxygens (including phenoxy) is 1. The van der Waals surface area contributed by atoms with Gasteiger partial charge in [-0.15, -0.1) is 0 Å². The molecule has 6 heteroatoms. The lowest BCUT2D eigenvalue weighted by molar-refractivity contribution is 0.303. The molecule has 0 atom stereocenters. The fourth-order valence-electron chi connectivity index (χ4n) is 4.06. The van der Waals surface area contributed by atoms with Gasteiger partial charge >= 0.3 is 0 Å². The first-order valence-electron chi connectivity index (χ1n) is 9.41. The average Bonchev–Trinajstić information content (AvgIpc) is 2.65. The Bertz CT molecular complexity index is 885. The SMILES string of the molecule is Cc1cccc(Oc2ccccc2)c1N1C(N)=NC(N)=NC12CCCCC2. The highest BCUT2D eigenvalue weighted by atomic mass is 16.5. The van der Waals surface area contributed by atoms with Crippen molar-refractivity contribution in [1.29, 1.82) is 0 Å². The highest BCUT2D eigenvalue weighted by Gasteiger charge is 2.44. The van der Waals surface area contributed by atoms with Crippen molar-refractivity contribution in [3.05, 3.63) is 54.1 Å². The molecule has 0 aromatic heterocycles. The third kappa shape index (κ3) is 3.23. The van der Waals surface area contributed by atoms with Gasteiger partial charge in [0.15, 0.2) is 5.75 Å². The molecule has 0 bridgehead atoms. The fourth-order valence-corrected chi connectivity index (χ4v) is 4.06. The largest absolute Gasteiger partial charge is 0.455 e. The van der Waals surface area contributed by atoms with Crippen LogP contribution in [0.4, 0.5) is 5.69 Å². The van der Waals surface area contributed by atoms with Crippen LogP contribution < -0.4 is 21.1 Å². The van der Waals surface area contributed by atoms with Gasteiger partial charge in [-0.05, 0) is 56.4 Å². The Hall–Kier alpha value is -3.02. The predicted octanol–water partition coefficient (Wildman–Crippen LogP) is 3.90. The summed E-state index contributed by atoms with van der Waals surface area (Å²) in [5.41, 5.74) is 13.9. The quantitative estimate of drug-likeness (QED) is 0.865. The van der Waals surface area contributed by atoms with E-state index in [1.807, 2.05) is 47.4 Å². The molecule has 4 N–H and O–H groups in total. The van der Waals surface area contributed by atoms with Crippen LogP contribution in [0.25, 0.3) is 0 Å². The van der Waals surface area contributed by atoms with E-state index in [4.69, 9.17) is 21.2 Å². The Morgan fingerprint density at radius 2 is 1.70 bits per heavy atom. The van der Waals surface area contributed by atoms with Gasteiger partial charge in [0.1, 0.15) is 11.4 Å². The standard InChI is InChI=1S/C21H25N5O/c1-15-9-8-12-17(27-16-10-4-2-5-11-16)18(15)26-20(23)24-19(22)25-21(26)13-6-3-7-14-21/h2,4-5,8-12H,3,6-7,13-14H2,1H3,(H4,22,23,24,25). The first-order chi connectivity index (χ1) is 13.1. The van der Waals surface area contributed by atoms with Crippen LogP contribution >= 0.6 is 0 Å². The zero-order valence-electron chi connectivity index (χ0n) is 15.6. The van der Waals surface area contributed by atoms with Crippen molar-refractivity contribution in [2.24, 2.45) is 21.5 Å². The van der Waals surface area contributed by atoms with E-state index in [0.29, 0.717) is 5.96 Å². The van der Waals surface area contributed by atoms with E-state index >= 15 is 0 Å². The van der Waals surface area contributed by atoms with Gasteiger partial charge in [-0.25, -0.2) is 4.99 Å². The number of para-hydroxylation sites is 2. The lowest BCUT2D eigenvalue weighted by Gasteiger charge is -2.46. The molecular formula is C21H25N5O. The minimum atomic E-state index is -0.491. The third-order valence-corrected chi connectivity index (χ3v) is 5.25. The zero-order chi connectivity index (χ0) is 18.9. The van der Waals surface area contributed by atoms with Gasteiger partial charge in [-0.1, -0.05) is 36.8 Å². The summed E-state index contributed by atoms with van der Waals surface area (Å²) in [7, 11) is 0. The van der Waals surface area contributed by atoms with Crippen molar-refractivity contribution < 1.29 is 4.74 Å². The van der Waals surface area contributed by atoms with Gasteiger partial charge in [0.2, 0.25) is 11.9 Å². The maximum atomic E-state index is 6.40. The summed E-state index contributed by atoms with van der Waals surface area (Å²) in [6.07, 6.45) is 5.15. The highest BCUT2D eigenvalue weighted by molar-refractivity contribution is 6.06. The second kappa shape index (κ2) is 6.95. The second-order valence-corrected chi connectivity index (χ2v) is 7.16. The lowest BCUT2D eigenvalue weighted by atomic mass is 9.87. The number of benzene rings is 2. The highest BCUT2D eigenvalue weighted by Crippen LogP contribution is 2.44. The van der Waals surface area contributed by atoms with Crippen molar-refractivity contribution in [3.63, 3.8) is 0 Å². The predicted molar refractivity (Wildman–Crippen MR) is 109 cm³/mol. The summed E-state index contributed by atoms with van der Waals surface area (Å²) in [6.45, 7) is 2.05. The van der Waals surface area contributed by atoms with Crippen LogP contribution in [0.1, 0.15) is 37.7 Å². The first kappa shape index (κ1) is 17.4. The number of nitrogens with zero attached hydrogens (tertiary/aromatic N) is 3. The molecule has 6 nitrogen and oxygen atoms in total. The van der Waals surface area contributed by atoms with Crippen LogP contribution in [0.3, 0.4) is 0 Å². The smallest absolute Gasteiger partial charge is 0.220 e. The molecule has 0 saturated heterocycles. The van der Waals surface area contributed by atoms with E-state index in [-0.39, 0.29) is 5.96 Å². The number of aryl methyl sites for hydroxylation is 1. The number of nitrogens with two attached hydrogens (primary N) is 2. The molecule has 2 aliphatic rings. The number of rotatable bonds is 3. The number of hydrogen-bond acceptors (Lipinski definition) is 6. The van der Waals surface area contributed by atoms with Crippen molar-refractivity contribution in [2.75, 3.05) is 4.90 Å². The van der Waals surface area contributed by atoms with Crippen LogP contribution in [0, 0.1) is 6.92 Å². The molecule has 2 aromatic rings. The van der Waals surface area contributed by atoms with Crippen molar-refractivity contribution in [1.82, 2.24) is 0 Å². The van der Waals surface area contributed by atoms with Crippen LogP contribution in [0.2, 0.25) is 0 Å². The molecule has 1 fully saturated rings. The minimum Gasteiger partial charge on any atom is -0.455 e. The van der Waals surface area contributed by atoms with Crippen LogP contribution in [0.15, 0.2) is 58.5 Å². The van der Waals surface area contributed by atoms with Crippen LogP contribution in [-0.2, 0) is 0 Å². The molecule has 27 heavy (non-hydrogen) atoms. The average molecular weight is 363 g/mol. The first-order valence-corrected chi connectivity index (χ1v) is 9.41. The number of guanidine groups is 2. The number of aliphatic imine (C=N–C) groups is 2. The Morgan fingerprint density at radius 3 is 2.44 bits per heavy atom. The summed E-state index contributed by atoms with van der Waals surface area (Å²) in [6, 6.07) is 15.7. The molecule has 1 saturated carbocycles. The summed E-state index contributed by atoms with van der Waals surface area (Å²) < 4.78 is 6.22. The normalized spacial score (nSPS) is 18.8. The molecule has 4 rings (SSSR count). The maximum Gasteiger partial charge on any atom is 0.220 e. The molecule has 0 amide bonds. The van der Waals surface area contributed by atoms with Crippen molar-refractivity contribution >= 4 is 17.6 Å². The molecule has 0 unspecified atom stereocenters. The Kier molecular flexibility index (Phi) is 4.48. The molecule has 1 aliphatic carbocycles. The van der Waals surface area contributed by atoms with Gasteiger partial charge in [0, 0.05) is 0 Å². The minimum absolute atomic E-state index is 0.254. The molecule has 1 aliphatic heterocycles. The van der Waals surface area contributed by atoms with E-state index in [0.717, 1.165) is 48.4 Å². The van der Waals surface area contributed by atoms with E-state index in [1.54, 1.807) is 0 Å². The summed E-state index contributed by atoms with van der Waals surface area (Å²) >= 11 is 0. The van der Waals surface area contributed by atoms with Gasteiger partial charge < -0.3 is 16.2 Å². The topological polar surface area (TPSA) is 89.2 Å². The monoisotopic (exact) mass is 363 g/mol. The zero-order valence-corrected chi connectivity index (χ0v) is 15.6. The van der Waals surface area contributed by atoms with Crippen molar-refractivity contribution in [3.8, 4) is 11.5 Å². The fraction of sp³-hybridized carbons (Fsp3) is 0.333. The molecule has 1 spiro atoms. The molecule has 1 heterocycles. The van der Waals surface area contributed by atoms with Crippen LogP contribution in [0.5, 0.6) is 11.5 Å². The van der Waals surface area contributed by atoms with E-state index in [1.165, 1.54) is 6.42 Å². The molecule has 2 aromatic carbocycles. The maximum absolute atomic E-state index is 6.40. The third-order valence-electron chi connectivity index (χ3n) is 5.25. The van der Waals surface area contributed by atoms with Gasteiger partial charge in [-0.3, -0.25) is 4.90 Å². The van der Waals surface area contributed by atoms with Crippen molar-refractivity contribution in [2.45, 2.75) is 44.7 Å². The van der Waals surface area contributed by atoms with E-state index in [9.17, 15) is 0 Å². The van der Waals surface area contributed by atoms with Gasteiger partial charge in [0.25, 0.3) is 0 Å². The Morgan fingerprint density at radius 1 is 0.963 bits per heavy atom. The summed E-state index contributed by atoms with van der Waals surface area (Å²) in [5.74, 6) is 2.14.